The summed E-state index contributed by atoms with van der Waals surface area (Å²) in [4.78, 5) is 22.1. The minimum atomic E-state index is -0.863. The highest BCUT2D eigenvalue weighted by molar-refractivity contribution is 5.79. The zero-order valence-electron chi connectivity index (χ0n) is 9.75. The van der Waals surface area contributed by atoms with E-state index in [1.807, 2.05) is 20.8 Å². The Balaban J connectivity index is 4.14. The Morgan fingerprint density at radius 3 is 2.33 bits per heavy atom. The van der Waals surface area contributed by atoms with Gasteiger partial charge in [0, 0.05) is 12.0 Å². The van der Waals surface area contributed by atoms with E-state index in [0.717, 1.165) is 12.8 Å². The molecule has 4 heteroatoms. The number of aliphatic carboxylic acids is 1. The van der Waals surface area contributed by atoms with Gasteiger partial charge in [-0.3, -0.25) is 9.59 Å². The van der Waals surface area contributed by atoms with Gasteiger partial charge in [-0.1, -0.05) is 27.2 Å². The molecule has 0 rings (SSSR count). The lowest BCUT2D eigenvalue weighted by molar-refractivity contribution is -0.137. The molecule has 0 aliphatic heterocycles. The number of carboxylic acids is 1. The molecular weight excluding hydrogens is 194 g/mol. The van der Waals surface area contributed by atoms with Crippen molar-refractivity contribution in [2.45, 2.75) is 52.5 Å². The molecule has 0 heterocycles. The molecule has 0 aliphatic carbocycles. The average Bonchev–Trinajstić information content (AvgIpc) is 2.15. The molecule has 0 saturated carbocycles. The number of carbonyl (C=O) groups is 2. The smallest absolute Gasteiger partial charge is 0.305 e. The molecule has 15 heavy (non-hydrogen) atoms. The molecule has 4 nitrogen and oxygen atoms in total. The predicted molar refractivity (Wildman–Crippen MR) is 58.5 cm³/mol. The molecule has 0 radical (unpaired) electrons. The molecule has 0 fully saturated rings. The number of nitrogens with one attached hydrogen (secondary N) is 1. The van der Waals surface area contributed by atoms with Crippen LogP contribution in [0, 0.1) is 5.92 Å². The van der Waals surface area contributed by atoms with Crippen LogP contribution in [0.2, 0.25) is 0 Å². The van der Waals surface area contributed by atoms with Crippen molar-refractivity contribution >= 4 is 11.9 Å². The molecule has 0 aromatic heterocycles. The fourth-order valence-electron chi connectivity index (χ4n) is 1.31. The molecule has 1 amide bonds. The minimum Gasteiger partial charge on any atom is -0.481 e. The van der Waals surface area contributed by atoms with E-state index in [1.165, 1.54) is 0 Å². The highest BCUT2D eigenvalue weighted by Gasteiger charge is 2.17. The molecule has 0 saturated heterocycles. The van der Waals surface area contributed by atoms with E-state index < -0.39 is 5.97 Å². The summed E-state index contributed by atoms with van der Waals surface area (Å²) in [6.45, 7) is 5.76. The second-order valence-corrected chi connectivity index (χ2v) is 3.90. The van der Waals surface area contributed by atoms with E-state index in [0.29, 0.717) is 6.42 Å². The molecule has 2 N–H and O–H groups in total. The first-order chi connectivity index (χ1) is 7.01. The van der Waals surface area contributed by atoms with Crippen molar-refractivity contribution < 1.29 is 14.7 Å². The molecule has 0 aromatic rings. The fourth-order valence-corrected chi connectivity index (χ4v) is 1.31. The largest absolute Gasteiger partial charge is 0.481 e. The Morgan fingerprint density at radius 2 is 1.93 bits per heavy atom. The lowest BCUT2D eigenvalue weighted by Gasteiger charge is -2.18. The molecule has 88 valence electrons. The van der Waals surface area contributed by atoms with Gasteiger partial charge in [-0.25, -0.2) is 0 Å². The van der Waals surface area contributed by atoms with Crippen molar-refractivity contribution in [1.82, 2.24) is 5.32 Å². The maximum Gasteiger partial charge on any atom is 0.305 e. The van der Waals surface area contributed by atoms with Gasteiger partial charge in [0.25, 0.3) is 0 Å². The van der Waals surface area contributed by atoms with Gasteiger partial charge < -0.3 is 10.4 Å². The summed E-state index contributed by atoms with van der Waals surface area (Å²) in [5.41, 5.74) is 0. The molecular formula is C11H21NO3. The van der Waals surface area contributed by atoms with Crippen LogP contribution in [-0.4, -0.2) is 23.0 Å². The third-order valence-corrected chi connectivity index (χ3v) is 2.46. The molecule has 0 spiro atoms. The lowest BCUT2D eigenvalue weighted by atomic mass is 10.0. The Bertz CT molecular complexity index is 216. The molecule has 0 unspecified atom stereocenters. The van der Waals surface area contributed by atoms with Gasteiger partial charge >= 0.3 is 5.97 Å². The van der Waals surface area contributed by atoms with Crippen LogP contribution >= 0.6 is 0 Å². The summed E-state index contributed by atoms with van der Waals surface area (Å²) in [7, 11) is 0. The van der Waals surface area contributed by atoms with Gasteiger partial charge in [0.2, 0.25) is 5.91 Å². The maximum atomic E-state index is 11.5. The second kappa shape index (κ2) is 7.26. The summed E-state index contributed by atoms with van der Waals surface area (Å²) in [6, 6.07) is -0.228. The van der Waals surface area contributed by atoms with Crippen LogP contribution < -0.4 is 5.32 Å². The van der Waals surface area contributed by atoms with Crippen LogP contribution in [0.3, 0.4) is 0 Å². The molecule has 0 aromatic carbocycles. The van der Waals surface area contributed by atoms with Gasteiger partial charge in [-0.15, -0.1) is 0 Å². The Morgan fingerprint density at radius 1 is 1.33 bits per heavy atom. The zero-order valence-corrected chi connectivity index (χ0v) is 9.75. The van der Waals surface area contributed by atoms with Gasteiger partial charge in [0.1, 0.15) is 0 Å². The van der Waals surface area contributed by atoms with Crippen molar-refractivity contribution in [3.05, 3.63) is 0 Å². The topological polar surface area (TPSA) is 66.4 Å². The third kappa shape index (κ3) is 6.10. The number of rotatable bonds is 7. The van der Waals surface area contributed by atoms with Crippen LogP contribution in [0.25, 0.3) is 0 Å². The van der Waals surface area contributed by atoms with Crippen LogP contribution in [0.1, 0.15) is 46.5 Å². The second-order valence-electron chi connectivity index (χ2n) is 3.90. The van der Waals surface area contributed by atoms with Crippen LogP contribution in [0.15, 0.2) is 0 Å². The Kier molecular flexibility index (Phi) is 6.75. The van der Waals surface area contributed by atoms with E-state index >= 15 is 0 Å². The highest BCUT2D eigenvalue weighted by atomic mass is 16.4. The van der Waals surface area contributed by atoms with E-state index in [9.17, 15) is 9.59 Å². The molecule has 0 bridgehead atoms. The summed E-state index contributed by atoms with van der Waals surface area (Å²) in [5.74, 6) is -0.951. The minimum absolute atomic E-state index is 0.00993. The van der Waals surface area contributed by atoms with E-state index in [1.54, 1.807) is 0 Å². The van der Waals surface area contributed by atoms with Gasteiger partial charge in [-0.05, 0) is 12.8 Å². The van der Waals surface area contributed by atoms with E-state index in [-0.39, 0.29) is 24.3 Å². The monoisotopic (exact) mass is 215 g/mol. The predicted octanol–water partition coefficient (Wildman–Crippen LogP) is 1.79. The lowest BCUT2D eigenvalue weighted by Crippen LogP contribution is -2.39. The van der Waals surface area contributed by atoms with Crippen LogP contribution in [-0.2, 0) is 9.59 Å². The van der Waals surface area contributed by atoms with Crippen LogP contribution in [0.5, 0.6) is 0 Å². The van der Waals surface area contributed by atoms with Gasteiger partial charge in [-0.2, -0.15) is 0 Å². The first-order valence-corrected chi connectivity index (χ1v) is 5.53. The van der Waals surface area contributed by atoms with Crippen molar-refractivity contribution in [1.29, 1.82) is 0 Å². The highest BCUT2D eigenvalue weighted by Crippen LogP contribution is 2.06. The van der Waals surface area contributed by atoms with Crippen LogP contribution in [0.4, 0.5) is 0 Å². The Hall–Kier alpha value is -1.06. The van der Waals surface area contributed by atoms with Gasteiger partial charge in [0.05, 0.1) is 6.42 Å². The summed E-state index contributed by atoms with van der Waals surface area (Å²) in [5, 5.41) is 11.4. The van der Waals surface area contributed by atoms with Crippen molar-refractivity contribution in [2.75, 3.05) is 0 Å². The van der Waals surface area contributed by atoms with Crippen molar-refractivity contribution in [2.24, 2.45) is 5.92 Å². The van der Waals surface area contributed by atoms with E-state index in [4.69, 9.17) is 5.11 Å². The number of carbonyl (C=O) groups excluding carboxylic acids is 1. The number of hydrogen-bond acceptors (Lipinski definition) is 2. The maximum absolute atomic E-state index is 11.5. The SMILES string of the molecule is CCC[C@H](CC(=O)O)NC(=O)[C@@H](C)CC. The van der Waals surface area contributed by atoms with E-state index in [2.05, 4.69) is 5.32 Å². The first-order valence-electron chi connectivity index (χ1n) is 5.53. The quantitative estimate of drug-likeness (QED) is 0.680. The zero-order chi connectivity index (χ0) is 11.8. The average molecular weight is 215 g/mol. The summed E-state index contributed by atoms with van der Waals surface area (Å²) in [6.07, 6.45) is 2.38. The summed E-state index contributed by atoms with van der Waals surface area (Å²) >= 11 is 0. The number of carboxylic acid groups (broad SMARTS) is 1. The summed E-state index contributed by atoms with van der Waals surface area (Å²) < 4.78 is 0. The fraction of sp³-hybridized carbons (Fsp3) is 0.818. The number of hydrogen-bond donors (Lipinski definition) is 2. The first kappa shape index (κ1) is 13.9. The molecule has 0 aliphatic rings. The third-order valence-electron chi connectivity index (χ3n) is 2.46. The number of amides is 1. The van der Waals surface area contributed by atoms with Gasteiger partial charge in [0.15, 0.2) is 0 Å². The normalized spacial score (nSPS) is 14.3. The Labute approximate surface area is 91.1 Å². The molecule has 2 atom stereocenters. The standard InChI is InChI=1S/C11H21NO3/c1-4-6-9(7-10(13)14)12-11(15)8(3)5-2/h8-9H,4-7H2,1-3H3,(H,12,15)(H,13,14)/t8-,9+/m0/s1. The van der Waals surface area contributed by atoms with Crippen molar-refractivity contribution in [3.63, 3.8) is 0 Å². The van der Waals surface area contributed by atoms with Crippen molar-refractivity contribution in [3.8, 4) is 0 Å².